The molecule has 0 spiro atoms. The van der Waals surface area contributed by atoms with Gasteiger partial charge >= 0.3 is 0 Å². The van der Waals surface area contributed by atoms with Crippen molar-refractivity contribution < 1.29 is 19.9 Å². The molecule has 0 aromatic heterocycles. The molecular formula is C18H13N3O5. The van der Waals surface area contributed by atoms with Gasteiger partial charge in [0.25, 0.3) is 11.6 Å². The number of nitrogens with zero attached hydrogens (tertiary/aromatic N) is 3. The smallest absolute Gasteiger partial charge is 0.295 e. The van der Waals surface area contributed by atoms with Crippen LogP contribution in [0.4, 0.5) is 11.4 Å². The summed E-state index contributed by atoms with van der Waals surface area (Å²) in [7, 11) is 0. The lowest BCUT2D eigenvalue weighted by Crippen LogP contribution is -1.95. The zero-order valence-corrected chi connectivity index (χ0v) is 13.6. The molecule has 0 saturated carbocycles. The number of rotatable bonds is 3. The number of carbonyl (C=O) groups excluding carboxylic acids is 1. The molecule has 0 heterocycles. The highest BCUT2D eigenvalue weighted by Crippen LogP contribution is 2.44. The Morgan fingerprint density at radius 3 is 2.15 bits per heavy atom. The van der Waals surface area contributed by atoms with Gasteiger partial charge in [0.15, 0.2) is 5.75 Å². The van der Waals surface area contributed by atoms with Crippen LogP contribution in [0, 0.1) is 17.0 Å². The maximum atomic E-state index is 12.1. The number of phenols is 2. The Morgan fingerprint density at radius 2 is 1.58 bits per heavy atom. The molecule has 0 aliphatic heterocycles. The zero-order chi connectivity index (χ0) is 18.8. The van der Waals surface area contributed by atoms with Crippen LogP contribution in [0.25, 0.3) is 10.8 Å². The lowest BCUT2D eigenvalue weighted by Gasteiger charge is -2.10. The second-order valence-electron chi connectivity index (χ2n) is 5.53. The molecule has 0 unspecified atom stereocenters. The van der Waals surface area contributed by atoms with E-state index in [1.54, 1.807) is 31.2 Å². The highest BCUT2D eigenvalue weighted by atomic mass is 16.6. The van der Waals surface area contributed by atoms with Crippen molar-refractivity contribution >= 4 is 28.1 Å². The molecule has 0 atom stereocenters. The van der Waals surface area contributed by atoms with Gasteiger partial charge < -0.3 is 10.2 Å². The molecule has 2 N–H and O–H groups in total. The molecule has 26 heavy (non-hydrogen) atoms. The molecule has 8 nitrogen and oxygen atoms in total. The van der Waals surface area contributed by atoms with Gasteiger partial charge in [-0.3, -0.25) is 14.9 Å². The highest BCUT2D eigenvalue weighted by Gasteiger charge is 2.16. The van der Waals surface area contributed by atoms with Crippen molar-refractivity contribution in [3.63, 3.8) is 0 Å². The van der Waals surface area contributed by atoms with Crippen LogP contribution in [0.2, 0.25) is 0 Å². The minimum Gasteiger partial charge on any atom is -0.507 e. The number of amides is 1. The van der Waals surface area contributed by atoms with Crippen molar-refractivity contribution in [3.05, 3.63) is 69.8 Å². The summed E-state index contributed by atoms with van der Waals surface area (Å²) < 4.78 is 0. The van der Waals surface area contributed by atoms with Crippen LogP contribution >= 0.6 is 0 Å². The number of fused-ring (bicyclic) bond motifs is 1. The summed E-state index contributed by atoms with van der Waals surface area (Å²) >= 11 is 0. The first-order valence-electron chi connectivity index (χ1n) is 7.54. The van der Waals surface area contributed by atoms with E-state index in [0.717, 1.165) is 0 Å². The van der Waals surface area contributed by atoms with E-state index in [1.165, 1.54) is 24.3 Å². The van der Waals surface area contributed by atoms with Gasteiger partial charge in [-0.25, -0.2) is 0 Å². The van der Waals surface area contributed by atoms with Gasteiger partial charge in [-0.15, -0.1) is 10.2 Å². The molecule has 0 aliphatic carbocycles. The van der Waals surface area contributed by atoms with Crippen molar-refractivity contribution in [1.29, 1.82) is 0 Å². The fourth-order valence-electron chi connectivity index (χ4n) is 2.52. The Labute approximate surface area is 147 Å². The van der Waals surface area contributed by atoms with E-state index in [-0.39, 0.29) is 34.0 Å². The highest BCUT2D eigenvalue weighted by molar-refractivity contribution is 5.99. The summed E-state index contributed by atoms with van der Waals surface area (Å²) in [6, 6.07) is 11.6. The predicted molar refractivity (Wildman–Crippen MR) is 94.0 cm³/mol. The van der Waals surface area contributed by atoms with E-state index in [2.05, 4.69) is 10.2 Å². The third-order valence-electron chi connectivity index (χ3n) is 3.94. The minimum atomic E-state index is -0.730. The number of nitro benzene ring substituents is 1. The average molecular weight is 351 g/mol. The van der Waals surface area contributed by atoms with Gasteiger partial charge in [0, 0.05) is 34.0 Å². The lowest BCUT2D eigenvalue weighted by molar-refractivity contribution is -0.384. The van der Waals surface area contributed by atoms with E-state index in [4.69, 9.17) is 0 Å². The SMILES string of the molecule is Cc1c(N=NC(=O)c2ccc([N+](=O)[O-])cc2)c(O)c2ccccc2c1O. The number of benzene rings is 3. The maximum absolute atomic E-state index is 12.1. The number of non-ortho nitro benzene ring substituents is 1. The molecule has 1 amide bonds. The summed E-state index contributed by atoms with van der Waals surface area (Å²) in [4.78, 5) is 22.2. The molecule has 3 aromatic carbocycles. The Hall–Kier alpha value is -3.81. The van der Waals surface area contributed by atoms with Crippen molar-refractivity contribution in [2.75, 3.05) is 0 Å². The van der Waals surface area contributed by atoms with Crippen LogP contribution in [0.5, 0.6) is 11.5 Å². The summed E-state index contributed by atoms with van der Waals surface area (Å²) in [5.74, 6) is -0.988. The number of phenolic OH excluding ortho intramolecular Hbond substituents is 2. The van der Waals surface area contributed by atoms with E-state index >= 15 is 0 Å². The Bertz CT molecular complexity index is 1060. The molecular weight excluding hydrogens is 338 g/mol. The predicted octanol–water partition coefficient (Wildman–Crippen LogP) is 4.39. The van der Waals surface area contributed by atoms with Crippen molar-refractivity contribution in [2.24, 2.45) is 10.2 Å². The van der Waals surface area contributed by atoms with Crippen LogP contribution in [0.3, 0.4) is 0 Å². The molecule has 0 bridgehead atoms. The van der Waals surface area contributed by atoms with Crippen LogP contribution in [-0.2, 0) is 0 Å². The number of nitro groups is 1. The quantitative estimate of drug-likeness (QED) is 0.313. The van der Waals surface area contributed by atoms with Crippen LogP contribution in [-0.4, -0.2) is 21.0 Å². The molecule has 0 radical (unpaired) electrons. The number of azo groups is 1. The summed E-state index contributed by atoms with van der Waals surface area (Å²) in [5, 5.41) is 39.5. The number of aromatic hydroxyl groups is 2. The van der Waals surface area contributed by atoms with Crippen molar-refractivity contribution in [2.45, 2.75) is 6.92 Å². The van der Waals surface area contributed by atoms with Gasteiger partial charge in [0.2, 0.25) is 0 Å². The summed E-state index contributed by atoms with van der Waals surface area (Å²) in [6.45, 7) is 1.55. The van der Waals surface area contributed by atoms with Gasteiger partial charge in [0.1, 0.15) is 11.4 Å². The first-order valence-corrected chi connectivity index (χ1v) is 7.54. The summed E-state index contributed by atoms with van der Waals surface area (Å²) in [5.41, 5.74) is 0.228. The van der Waals surface area contributed by atoms with Gasteiger partial charge in [-0.05, 0) is 19.1 Å². The first-order chi connectivity index (χ1) is 12.4. The van der Waals surface area contributed by atoms with Crippen LogP contribution in [0.15, 0.2) is 58.8 Å². The Balaban J connectivity index is 1.97. The van der Waals surface area contributed by atoms with Crippen molar-refractivity contribution in [3.8, 4) is 11.5 Å². The van der Waals surface area contributed by atoms with Crippen molar-refractivity contribution in [1.82, 2.24) is 0 Å². The van der Waals surface area contributed by atoms with Gasteiger partial charge in [-0.1, -0.05) is 24.3 Å². The fourth-order valence-corrected chi connectivity index (χ4v) is 2.52. The monoisotopic (exact) mass is 351 g/mol. The van der Waals surface area contributed by atoms with E-state index in [9.17, 15) is 25.1 Å². The third kappa shape index (κ3) is 2.95. The van der Waals surface area contributed by atoms with E-state index in [0.29, 0.717) is 10.8 Å². The third-order valence-corrected chi connectivity index (χ3v) is 3.94. The standard InChI is InChI=1S/C18H13N3O5/c1-10-15(17(23)14-5-3-2-4-13(14)16(10)22)19-20-18(24)11-6-8-12(9-7-11)21(25)26/h2-9,22-23H,1H3. The summed E-state index contributed by atoms with van der Waals surface area (Å²) in [6.07, 6.45) is 0. The molecule has 8 heteroatoms. The first kappa shape index (κ1) is 17.0. The van der Waals surface area contributed by atoms with E-state index < -0.39 is 10.8 Å². The molecule has 3 rings (SSSR count). The second kappa shape index (κ2) is 6.60. The number of carbonyl (C=O) groups is 1. The van der Waals surface area contributed by atoms with E-state index in [1.807, 2.05) is 0 Å². The normalized spacial score (nSPS) is 11.1. The minimum absolute atomic E-state index is 0.0172. The molecule has 3 aromatic rings. The molecule has 0 fully saturated rings. The largest absolute Gasteiger partial charge is 0.507 e. The van der Waals surface area contributed by atoms with Gasteiger partial charge in [0.05, 0.1) is 4.92 Å². The van der Waals surface area contributed by atoms with Crippen LogP contribution in [0.1, 0.15) is 15.9 Å². The zero-order valence-electron chi connectivity index (χ0n) is 13.6. The lowest BCUT2D eigenvalue weighted by atomic mass is 10.0. The number of hydrogen-bond donors (Lipinski definition) is 2. The van der Waals surface area contributed by atoms with Crippen LogP contribution < -0.4 is 0 Å². The number of hydrogen-bond acceptors (Lipinski definition) is 6. The second-order valence-corrected chi connectivity index (χ2v) is 5.53. The molecule has 0 aliphatic rings. The maximum Gasteiger partial charge on any atom is 0.295 e. The average Bonchev–Trinajstić information content (AvgIpc) is 2.66. The Morgan fingerprint density at radius 1 is 1.00 bits per heavy atom. The van der Waals surface area contributed by atoms with Gasteiger partial charge in [-0.2, -0.15) is 0 Å². The fraction of sp³-hybridized carbons (Fsp3) is 0.0556. The topological polar surface area (TPSA) is 125 Å². The Kier molecular flexibility index (Phi) is 4.32. The molecule has 0 saturated heterocycles. The molecule has 130 valence electrons.